The monoisotopic (exact) mass is 370 g/mol. The summed E-state index contributed by atoms with van der Waals surface area (Å²) in [6, 6.07) is 10.8. The Balaban J connectivity index is 1.50. The van der Waals surface area contributed by atoms with Crippen molar-refractivity contribution in [1.29, 1.82) is 0 Å². The fraction of sp³-hybridized carbons (Fsp3) is 0.188. The van der Waals surface area contributed by atoms with Gasteiger partial charge in [0.1, 0.15) is 5.75 Å². The maximum atomic E-state index is 12.1. The maximum absolute atomic E-state index is 12.1. The van der Waals surface area contributed by atoms with Crippen LogP contribution in [0.15, 0.2) is 42.5 Å². The van der Waals surface area contributed by atoms with Crippen LogP contribution in [0.1, 0.15) is 5.56 Å². The molecule has 2 N–H and O–H groups in total. The highest BCUT2D eigenvalue weighted by atomic mass is 32.1. The van der Waals surface area contributed by atoms with Gasteiger partial charge < -0.3 is 24.8 Å². The molecular formula is C16H13F3N2O3S. The van der Waals surface area contributed by atoms with Crippen molar-refractivity contribution in [2.24, 2.45) is 0 Å². The van der Waals surface area contributed by atoms with Crippen molar-refractivity contribution >= 4 is 23.0 Å². The van der Waals surface area contributed by atoms with Crippen LogP contribution in [0.25, 0.3) is 0 Å². The summed E-state index contributed by atoms with van der Waals surface area (Å²) in [4.78, 5) is 0. The van der Waals surface area contributed by atoms with Gasteiger partial charge in [-0.15, -0.1) is 13.2 Å². The third kappa shape index (κ3) is 4.90. The van der Waals surface area contributed by atoms with Gasteiger partial charge >= 0.3 is 6.36 Å². The topological polar surface area (TPSA) is 51.8 Å². The van der Waals surface area contributed by atoms with Crippen molar-refractivity contribution in [3.8, 4) is 17.2 Å². The van der Waals surface area contributed by atoms with E-state index in [2.05, 4.69) is 15.4 Å². The van der Waals surface area contributed by atoms with Crippen LogP contribution >= 0.6 is 12.2 Å². The van der Waals surface area contributed by atoms with Gasteiger partial charge in [0.2, 0.25) is 6.79 Å². The first-order valence-electron chi connectivity index (χ1n) is 7.18. The molecule has 0 amide bonds. The number of nitrogens with one attached hydrogen (secondary N) is 2. The number of halogens is 3. The lowest BCUT2D eigenvalue weighted by atomic mass is 10.2. The van der Waals surface area contributed by atoms with Crippen molar-refractivity contribution < 1.29 is 27.4 Å². The number of hydrogen-bond acceptors (Lipinski definition) is 4. The molecule has 0 saturated carbocycles. The second-order valence-corrected chi connectivity index (χ2v) is 5.48. The Morgan fingerprint density at radius 1 is 1.08 bits per heavy atom. The van der Waals surface area contributed by atoms with Gasteiger partial charge in [-0.2, -0.15) is 0 Å². The Bertz CT molecular complexity index is 766. The predicted molar refractivity (Wildman–Crippen MR) is 88.8 cm³/mol. The van der Waals surface area contributed by atoms with Crippen LogP contribution in [0.5, 0.6) is 17.2 Å². The molecule has 0 bridgehead atoms. The van der Waals surface area contributed by atoms with Crippen LogP contribution in [0.4, 0.5) is 18.9 Å². The molecule has 1 aliphatic rings. The largest absolute Gasteiger partial charge is 0.573 e. The Morgan fingerprint density at radius 3 is 2.52 bits per heavy atom. The van der Waals surface area contributed by atoms with Crippen molar-refractivity contribution in [2.45, 2.75) is 12.9 Å². The highest BCUT2D eigenvalue weighted by molar-refractivity contribution is 7.80. The van der Waals surface area contributed by atoms with E-state index in [4.69, 9.17) is 21.7 Å². The SMILES string of the molecule is FC(F)(F)Oc1ccc(NC(=S)NCc2ccc3c(c2)OCO3)cc1. The lowest BCUT2D eigenvalue weighted by molar-refractivity contribution is -0.274. The number of ether oxygens (including phenoxy) is 3. The molecule has 1 heterocycles. The maximum Gasteiger partial charge on any atom is 0.573 e. The number of anilines is 1. The first kappa shape index (κ1) is 17.2. The van der Waals surface area contributed by atoms with Crippen LogP contribution in [-0.4, -0.2) is 18.3 Å². The standard InChI is InChI=1S/C16H13F3N2O3S/c17-16(18,19)24-12-4-2-11(3-5-12)21-15(25)20-8-10-1-6-13-14(7-10)23-9-22-13/h1-7H,8-9H2,(H2,20,21,25). The molecule has 0 aromatic heterocycles. The molecule has 3 rings (SSSR count). The number of thiocarbonyl (C=S) groups is 1. The van der Waals surface area contributed by atoms with Crippen molar-refractivity contribution in [2.75, 3.05) is 12.1 Å². The second-order valence-electron chi connectivity index (χ2n) is 5.07. The molecule has 1 aliphatic heterocycles. The van der Waals surface area contributed by atoms with E-state index in [0.29, 0.717) is 28.8 Å². The zero-order valence-corrected chi connectivity index (χ0v) is 13.5. The zero-order chi connectivity index (χ0) is 17.9. The highest BCUT2D eigenvalue weighted by Crippen LogP contribution is 2.32. The summed E-state index contributed by atoms with van der Waals surface area (Å²) in [7, 11) is 0. The smallest absolute Gasteiger partial charge is 0.454 e. The Kier molecular flexibility index (Phi) is 4.84. The van der Waals surface area contributed by atoms with Crippen LogP contribution < -0.4 is 24.8 Å². The van der Waals surface area contributed by atoms with Gasteiger partial charge in [0.25, 0.3) is 0 Å². The normalized spacial score (nSPS) is 12.6. The molecule has 5 nitrogen and oxygen atoms in total. The summed E-state index contributed by atoms with van der Waals surface area (Å²) in [6.07, 6.45) is -4.71. The summed E-state index contributed by atoms with van der Waals surface area (Å²) in [6.45, 7) is 0.665. The van der Waals surface area contributed by atoms with Crippen LogP contribution in [0.2, 0.25) is 0 Å². The Morgan fingerprint density at radius 2 is 1.80 bits per heavy atom. The summed E-state index contributed by atoms with van der Waals surface area (Å²) in [5.41, 5.74) is 1.49. The molecule has 0 saturated heterocycles. The minimum atomic E-state index is -4.71. The van der Waals surface area contributed by atoms with Crippen LogP contribution in [0, 0.1) is 0 Å². The van der Waals surface area contributed by atoms with E-state index in [1.54, 1.807) is 0 Å². The average Bonchev–Trinajstić information content (AvgIpc) is 3.01. The lowest BCUT2D eigenvalue weighted by Gasteiger charge is -2.12. The molecule has 25 heavy (non-hydrogen) atoms. The third-order valence-corrected chi connectivity index (χ3v) is 3.48. The summed E-state index contributed by atoms with van der Waals surface area (Å²) < 4.78 is 50.7. The Hall–Kier alpha value is -2.68. The van der Waals surface area contributed by atoms with Crippen LogP contribution in [-0.2, 0) is 6.54 Å². The van der Waals surface area contributed by atoms with Gasteiger partial charge in [-0.1, -0.05) is 6.07 Å². The molecule has 0 aliphatic carbocycles. The number of alkyl halides is 3. The van der Waals surface area contributed by atoms with Crippen LogP contribution in [0.3, 0.4) is 0 Å². The molecule has 0 fully saturated rings. The summed E-state index contributed by atoms with van der Waals surface area (Å²) in [5, 5.41) is 6.22. The highest BCUT2D eigenvalue weighted by Gasteiger charge is 2.30. The van der Waals surface area contributed by atoms with Gasteiger partial charge in [-0.3, -0.25) is 0 Å². The van der Waals surface area contributed by atoms with Gasteiger partial charge in [-0.05, 0) is 54.2 Å². The van der Waals surface area contributed by atoms with Gasteiger partial charge in [0.15, 0.2) is 16.6 Å². The van der Waals surface area contributed by atoms with E-state index in [9.17, 15) is 13.2 Å². The molecule has 0 spiro atoms. The first-order valence-corrected chi connectivity index (χ1v) is 7.59. The molecule has 132 valence electrons. The second kappa shape index (κ2) is 7.06. The fourth-order valence-electron chi connectivity index (χ4n) is 2.15. The van der Waals surface area contributed by atoms with E-state index < -0.39 is 6.36 Å². The molecule has 2 aromatic carbocycles. The average molecular weight is 370 g/mol. The minimum absolute atomic E-state index is 0.209. The minimum Gasteiger partial charge on any atom is -0.454 e. The van der Waals surface area contributed by atoms with E-state index in [0.717, 1.165) is 5.56 Å². The Labute approximate surface area is 146 Å². The number of fused-ring (bicyclic) bond motifs is 1. The lowest BCUT2D eigenvalue weighted by Crippen LogP contribution is -2.27. The number of benzene rings is 2. The van der Waals surface area contributed by atoms with E-state index in [1.807, 2.05) is 18.2 Å². The zero-order valence-electron chi connectivity index (χ0n) is 12.7. The third-order valence-electron chi connectivity index (χ3n) is 3.24. The number of hydrogen-bond donors (Lipinski definition) is 2. The quantitative estimate of drug-likeness (QED) is 0.799. The summed E-state index contributed by atoms with van der Waals surface area (Å²) >= 11 is 5.17. The first-order chi connectivity index (χ1) is 11.9. The van der Waals surface area contributed by atoms with E-state index in [-0.39, 0.29) is 12.5 Å². The predicted octanol–water partition coefficient (Wildman–Crippen LogP) is 3.80. The molecule has 0 atom stereocenters. The van der Waals surface area contributed by atoms with Gasteiger partial charge in [0.05, 0.1) is 0 Å². The van der Waals surface area contributed by atoms with Crippen molar-refractivity contribution in [3.63, 3.8) is 0 Å². The molecule has 2 aromatic rings. The van der Waals surface area contributed by atoms with Crippen molar-refractivity contribution in [3.05, 3.63) is 48.0 Å². The molecule has 0 unspecified atom stereocenters. The van der Waals surface area contributed by atoms with Gasteiger partial charge in [-0.25, -0.2) is 0 Å². The summed E-state index contributed by atoms with van der Waals surface area (Å²) in [5.74, 6) is 1.08. The van der Waals surface area contributed by atoms with Gasteiger partial charge in [0, 0.05) is 12.2 Å². The fourth-order valence-corrected chi connectivity index (χ4v) is 2.34. The van der Waals surface area contributed by atoms with Crippen molar-refractivity contribution in [1.82, 2.24) is 5.32 Å². The van der Waals surface area contributed by atoms with E-state index in [1.165, 1.54) is 24.3 Å². The van der Waals surface area contributed by atoms with E-state index >= 15 is 0 Å². The molecule has 0 radical (unpaired) electrons. The number of rotatable bonds is 4. The molecular weight excluding hydrogens is 357 g/mol. The molecule has 9 heteroatoms.